The maximum absolute atomic E-state index is 12.3. The summed E-state index contributed by atoms with van der Waals surface area (Å²) in [7, 11) is 0. The summed E-state index contributed by atoms with van der Waals surface area (Å²) in [5.41, 5.74) is 2.33. The molecule has 0 spiro atoms. The average Bonchev–Trinajstić information content (AvgIpc) is 2.79. The van der Waals surface area contributed by atoms with E-state index in [2.05, 4.69) is 18.2 Å². The number of carbonyl (C=O) groups excluding carboxylic acids is 1. The van der Waals surface area contributed by atoms with Crippen molar-refractivity contribution in [2.75, 3.05) is 11.5 Å². The fourth-order valence-electron chi connectivity index (χ4n) is 2.66. The third kappa shape index (κ3) is 2.28. The molecule has 0 bridgehead atoms. The molecular formula is C15H18OS. The highest BCUT2D eigenvalue weighted by molar-refractivity contribution is 7.99. The van der Waals surface area contributed by atoms with E-state index in [0.29, 0.717) is 5.78 Å². The first kappa shape index (κ1) is 11.3. The smallest absolute Gasteiger partial charge is 0.166 e. The maximum Gasteiger partial charge on any atom is 0.166 e. The lowest BCUT2D eigenvalue weighted by Gasteiger charge is -2.26. The first-order valence-corrected chi connectivity index (χ1v) is 7.72. The molecule has 1 aliphatic heterocycles. The number of rotatable bonds is 3. The second-order valence-electron chi connectivity index (χ2n) is 5.18. The van der Waals surface area contributed by atoms with E-state index in [1.807, 2.05) is 17.8 Å². The summed E-state index contributed by atoms with van der Waals surface area (Å²) in [6, 6.07) is 8.38. The molecule has 2 aliphatic rings. The molecular weight excluding hydrogens is 228 g/mol. The van der Waals surface area contributed by atoms with Gasteiger partial charge in [-0.1, -0.05) is 24.6 Å². The molecule has 2 fully saturated rings. The Hall–Kier alpha value is -0.760. The molecule has 17 heavy (non-hydrogen) atoms. The normalized spacial score (nSPS) is 24.6. The quantitative estimate of drug-likeness (QED) is 0.753. The third-order valence-electron chi connectivity index (χ3n) is 4.05. The molecule has 3 rings (SSSR count). The molecule has 0 radical (unpaired) electrons. The second kappa shape index (κ2) is 4.85. The lowest BCUT2D eigenvalue weighted by Crippen LogP contribution is -2.15. The summed E-state index contributed by atoms with van der Waals surface area (Å²) in [6.45, 7) is 0. The molecule has 1 nitrogen and oxygen atoms in total. The molecule has 90 valence electrons. The van der Waals surface area contributed by atoms with Crippen LogP contribution in [0.3, 0.4) is 0 Å². The largest absolute Gasteiger partial charge is 0.294 e. The van der Waals surface area contributed by atoms with Crippen LogP contribution in [0.2, 0.25) is 0 Å². The minimum Gasteiger partial charge on any atom is -0.294 e. The predicted molar refractivity (Wildman–Crippen MR) is 72.8 cm³/mol. The summed E-state index contributed by atoms with van der Waals surface area (Å²) in [5, 5.41) is 0. The average molecular weight is 246 g/mol. The highest BCUT2D eigenvalue weighted by Gasteiger charge is 2.25. The molecule has 1 aromatic carbocycles. The van der Waals surface area contributed by atoms with E-state index >= 15 is 0 Å². The molecule has 2 heteroatoms. The van der Waals surface area contributed by atoms with Gasteiger partial charge in [-0.15, -0.1) is 0 Å². The molecule has 0 amide bonds. The Bertz CT molecular complexity index is 417. The summed E-state index contributed by atoms with van der Waals surface area (Å²) in [6.07, 6.45) is 5.02. The molecule has 1 aliphatic carbocycles. The molecule has 0 N–H and O–H groups in total. The van der Waals surface area contributed by atoms with Crippen LogP contribution < -0.4 is 0 Å². The van der Waals surface area contributed by atoms with Gasteiger partial charge in [0, 0.05) is 17.2 Å². The van der Waals surface area contributed by atoms with E-state index < -0.39 is 0 Å². The van der Waals surface area contributed by atoms with Gasteiger partial charge in [0.25, 0.3) is 0 Å². The van der Waals surface area contributed by atoms with Gasteiger partial charge in [0.05, 0.1) is 0 Å². The minimum absolute atomic E-state index is 0.275. The zero-order chi connectivity index (χ0) is 11.7. The van der Waals surface area contributed by atoms with Gasteiger partial charge in [0.2, 0.25) is 0 Å². The van der Waals surface area contributed by atoms with Gasteiger partial charge in [-0.3, -0.25) is 4.79 Å². The van der Waals surface area contributed by atoms with Gasteiger partial charge >= 0.3 is 0 Å². The van der Waals surface area contributed by atoms with Crippen molar-refractivity contribution in [2.24, 2.45) is 5.92 Å². The van der Waals surface area contributed by atoms with Crippen molar-refractivity contribution in [3.63, 3.8) is 0 Å². The van der Waals surface area contributed by atoms with Crippen molar-refractivity contribution in [1.29, 1.82) is 0 Å². The molecule has 1 heterocycles. The Morgan fingerprint density at radius 3 is 2.76 bits per heavy atom. The second-order valence-corrected chi connectivity index (χ2v) is 6.33. The van der Waals surface area contributed by atoms with Crippen molar-refractivity contribution in [3.8, 4) is 0 Å². The number of carbonyl (C=O) groups is 1. The zero-order valence-corrected chi connectivity index (χ0v) is 10.8. The van der Waals surface area contributed by atoms with Crippen LogP contribution in [0.25, 0.3) is 0 Å². The number of hydrogen-bond acceptors (Lipinski definition) is 2. The Labute approximate surface area is 107 Å². The first-order valence-electron chi connectivity index (χ1n) is 6.56. The third-order valence-corrected chi connectivity index (χ3v) is 5.21. The van der Waals surface area contributed by atoms with Crippen LogP contribution in [-0.4, -0.2) is 17.3 Å². The van der Waals surface area contributed by atoms with Crippen LogP contribution in [0, 0.1) is 5.92 Å². The first-order chi connectivity index (χ1) is 8.34. The Morgan fingerprint density at radius 1 is 1.24 bits per heavy atom. The summed E-state index contributed by atoms with van der Waals surface area (Å²) in [5.74, 6) is 3.54. The van der Waals surface area contributed by atoms with E-state index in [1.165, 1.54) is 24.8 Å². The van der Waals surface area contributed by atoms with Crippen molar-refractivity contribution < 1.29 is 4.79 Å². The van der Waals surface area contributed by atoms with E-state index in [4.69, 9.17) is 0 Å². The van der Waals surface area contributed by atoms with E-state index in [-0.39, 0.29) is 5.92 Å². The summed E-state index contributed by atoms with van der Waals surface area (Å²) in [4.78, 5) is 12.3. The van der Waals surface area contributed by atoms with Gasteiger partial charge in [0.1, 0.15) is 0 Å². The Kier molecular flexibility index (Phi) is 3.24. The van der Waals surface area contributed by atoms with Crippen LogP contribution in [-0.2, 0) is 0 Å². The van der Waals surface area contributed by atoms with Crippen molar-refractivity contribution >= 4 is 17.5 Å². The fourth-order valence-corrected chi connectivity index (χ4v) is 3.88. The molecule has 1 saturated heterocycles. The number of ketones is 1. The van der Waals surface area contributed by atoms with Crippen molar-refractivity contribution in [2.45, 2.75) is 31.6 Å². The van der Waals surface area contributed by atoms with Crippen LogP contribution in [0.4, 0.5) is 0 Å². The van der Waals surface area contributed by atoms with Crippen LogP contribution >= 0.6 is 11.8 Å². The highest BCUT2D eigenvalue weighted by atomic mass is 32.2. The monoisotopic (exact) mass is 246 g/mol. The topological polar surface area (TPSA) is 17.1 Å². The van der Waals surface area contributed by atoms with Gasteiger partial charge in [-0.05, 0) is 42.6 Å². The number of thioether (sulfide) groups is 1. The summed E-state index contributed by atoms with van der Waals surface area (Å²) < 4.78 is 0. The van der Waals surface area contributed by atoms with Crippen molar-refractivity contribution in [1.82, 2.24) is 0 Å². The van der Waals surface area contributed by atoms with E-state index in [9.17, 15) is 4.79 Å². The van der Waals surface area contributed by atoms with E-state index in [1.54, 1.807) is 0 Å². The van der Waals surface area contributed by atoms with Crippen LogP contribution in [0.1, 0.15) is 47.5 Å². The molecule has 1 saturated carbocycles. The number of hydrogen-bond donors (Lipinski definition) is 0. The van der Waals surface area contributed by atoms with Gasteiger partial charge in [-0.25, -0.2) is 0 Å². The van der Waals surface area contributed by atoms with Gasteiger partial charge in [-0.2, -0.15) is 11.8 Å². The fraction of sp³-hybridized carbons (Fsp3) is 0.533. The molecule has 1 aromatic rings. The van der Waals surface area contributed by atoms with Crippen molar-refractivity contribution in [3.05, 3.63) is 35.4 Å². The van der Waals surface area contributed by atoms with Gasteiger partial charge in [0.15, 0.2) is 5.78 Å². The molecule has 1 unspecified atom stereocenters. The lowest BCUT2D eigenvalue weighted by atomic mass is 9.79. The molecule has 1 atom stereocenters. The summed E-state index contributed by atoms with van der Waals surface area (Å²) >= 11 is 1.91. The minimum atomic E-state index is 0.275. The Balaban J connectivity index is 1.79. The number of benzene rings is 1. The standard InChI is InChI=1S/C15H18OS/c16-15(14-7-8-17-10-14)13-6-2-5-12(9-13)11-3-1-4-11/h2,5-6,9,11,14H,1,3-4,7-8,10H2. The Morgan fingerprint density at radius 2 is 2.12 bits per heavy atom. The number of Topliss-reactive ketones (excluding diaryl/α,β-unsaturated/α-hetero) is 1. The maximum atomic E-state index is 12.3. The predicted octanol–water partition coefficient (Wildman–Crippen LogP) is 3.89. The molecule has 0 aromatic heterocycles. The van der Waals surface area contributed by atoms with Crippen LogP contribution in [0.5, 0.6) is 0 Å². The van der Waals surface area contributed by atoms with E-state index in [0.717, 1.165) is 29.4 Å². The van der Waals surface area contributed by atoms with Gasteiger partial charge < -0.3 is 0 Å². The van der Waals surface area contributed by atoms with Crippen LogP contribution in [0.15, 0.2) is 24.3 Å². The lowest BCUT2D eigenvalue weighted by molar-refractivity contribution is 0.0933. The zero-order valence-electron chi connectivity index (χ0n) is 10.0. The highest BCUT2D eigenvalue weighted by Crippen LogP contribution is 2.37. The SMILES string of the molecule is O=C(c1cccc(C2CCC2)c1)C1CCSC1.